The highest BCUT2D eigenvalue weighted by Crippen LogP contribution is 2.43. The lowest BCUT2D eigenvalue weighted by molar-refractivity contribution is -0.140. The van der Waals surface area contributed by atoms with Crippen LogP contribution in [0.1, 0.15) is 30.7 Å². The zero-order valence-electron chi connectivity index (χ0n) is 14.1. The Morgan fingerprint density at radius 1 is 1.24 bits per heavy atom. The van der Waals surface area contributed by atoms with Crippen LogP contribution in [0.3, 0.4) is 0 Å². The summed E-state index contributed by atoms with van der Waals surface area (Å²) in [6.07, 6.45) is 1.80. The second kappa shape index (κ2) is 7.53. The van der Waals surface area contributed by atoms with E-state index in [1.54, 1.807) is 0 Å². The minimum atomic E-state index is -0.590. The lowest BCUT2D eigenvalue weighted by Gasteiger charge is -2.32. The van der Waals surface area contributed by atoms with E-state index in [-0.39, 0.29) is 30.5 Å². The second-order valence-electron chi connectivity index (χ2n) is 5.97. The average molecular weight is 343 g/mol. The van der Waals surface area contributed by atoms with Crippen molar-refractivity contribution in [3.05, 3.63) is 58.7 Å². The molecule has 3 rings (SSSR count). The van der Waals surface area contributed by atoms with Crippen molar-refractivity contribution in [3.8, 4) is 0 Å². The van der Waals surface area contributed by atoms with Crippen LogP contribution in [-0.2, 0) is 23.8 Å². The van der Waals surface area contributed by atoms with Crippen molar-refractivity contribution in [1.29, 1.82) is 0 Å². The molecule has 0 aromatic heterocycles. The largest absolute Gasteiger partial charge is 0.460 e. The molecule has 0 unspecified atom stereocenters. The zero-order chi connectivity index (χ0) is 17.8. The van der Waals surface area contributed by atoms with Crippen LogP contribution in [-0.4, -0.2) is 32.1 Å². The standard InChI is InChI=1S/C19H21NO5/c1-23-10-11-24-19(22)17-15(12-6-3-2-4-7-12)16-13(21)8-5-9-14(16)25-18(17)20/h2-4,6-7,15H,5,8-11,20H2,1H3/t15-/m1/s1. The van der Waals surface area contributed by atoms with Crippen molar-refractivity contribution in [2.45, 2.75) is 25.2 Å². The molecule has 0 amide bonds. The van der Waals surface area contributed by atoms with Crippen LogP contribution in [0, 0.1) is 0 Å². The molecule has 0 fully saturated rings. The molecule has 0 saturated carbocycles. The van der Waals surface area contributed by atoms with Gasteiger partial charge in [-0.3, -0.25) is 4.79 Å². The monoisotopic (exact) mass is 343 g/mol. The number of benzene rings is 1. The number of hydrogen-bond donors (Lipinski definition) is 1. The first-order chi connectivity index (χ1) is 12.1. The molecule has 25 heavy (non-hydrogen) atoms. The molecule has 1 aromatic carbocycles. The molecule has 6 heteroatoms. The van der Waals surface area contributed by atoms with Crippen LogP contribution in [0.2, 0.25) is 0 Å². The number of hydrogen-bond acceptors (Lipinski definition) is 6. The van der Waals surface area contributed by atoms with E-state index in [9.17, 15) is 9.59 Å². The fourth-order valence-corrected chi connectivity index (χ4v) is 3.23. The first-order valence-corrected chi connectivity index (χ1v) is 8.28. The Morgan fingerprint density at radius 3 is 2.72 bits per heavy atom. The number of esters is 1. The molecule has 0 radical (unpaired) electrons. The van der Waals surface area contributed by atoms with Gasteiger partial charge in [-0.05, 0) is 12.0 Å². The van der Waals surface area contributed by atoms with Gasteiger partial charge >= 0.3 is 5.97 Å². The summed E-state index contributed by atoms with van der Waals surface area (Å²) in [5, 5.41) is 0. The maximum Gasteiger partial charge on any atom is 0.340 e. The Hall–Kier alpha value is -2.60. The molecule has 1 aliphatic carbocycles. The van der Waals surface area contributed by atoms with Crippen LogP contribution >= 0.6 is 0 Å². The van der Waals surface area contributed by atoms with E-state index in [4.69, 9.17) is 19.9 Å². The Labute approximate surface area is 146 Å². The summed E-state index contributed by atoms with van der Waals surface area (Å²) in [4.78, 5) is 25.2. The molecule has 2 N–H and O–H groups in total. The summed E-state index contributed by atoms with van der Waals surface area (Å²) in [6, 6.07) is 9.35. The number of ketones is 1. The first kappa shape index (κ1) is 17.2. The second-order valence-corrected chi connectivity index (χ2v) is 5.97. The molecule has 0 spiro atoms. The summed E-state index contributed by atoms with van der Waals surface area (Å²) < 4.78 is 15.8. The van der Waals surface area contributed by atoms with E-state index in [1.165, 1.54) is 7.11 Å². The van der Waals surface area contributed by atoms with Crippen molar-refractivity contribution in [2.75, 3.05) is 20.3 Å². The molecule has 2 aliphatic rings. The highest BCUT2D eigenvalue weighted by molar-refractivity contribution is 6.03. The number of nitrogens with two attached hydrogens (primary N) is 1. The van der Waals surface area contributed by atoms with E-state index in [1.807, 2.05) is 30.3 Å². The van der Waals surface area contributed by atoms with Gasteiger partial charge in [-0.15, -0.1) is 0 Å². The van der Waals surface area contributed by atoms with Gasteiger partial charge in [0.2, 0.25) is 5.88 Å². The van der Waals surface area contributed by atoms with Gasteiger partial charge in [-0.25, -0.2) is 4.79 Å². The molecule has 132 valence electrons. The number of ether oxygens (including phenoxy) is 3. The molecular weight excluding hydrogens is 322 g/mol. The SMILES string of the molecule is COCCOC(=O)C1=C(N)OC2=C(C(=O)CCC2)[C@H]1c1ccccc1. The van der Waals surface area contributed by atoms with Crippen molar-refractivity contribution in [1.82, 2.24) is 0 Å². The molecule has 0 bridgehead atoms. The van der Waals surface area contributed by atoms with Crippen LogP contribution in [0.15, 0.2) is 53.1 Å². The summed E-state index contributed by atoms with van der Waals surface area (Å²) in [5.41, 5.74) is 7.56. The topological polar surface area (TPSA) is 87.8 Å². The maximum absolute atomic E-state index is 12.6. The van der Waals surface area contributed by atoms with E-state index in [2.05, 4.69) is 0 Å². The fraction of sp³-hybridized carbons (Fsp3) is 0.368. The summed E-state index contributed by atoms with van der Waals surface area (Å²) in [5.74, 6) is -0.591. The first-order valence-electron chi connectivity index (χ1n) is 8.28. The molecule has 1 aromatic rings. The number of carbonyl (C=O) groups is 2. The van der Waals surface area contributed by atoms with Gasteiger partial charge in [0.1, 0.15) is 17.9 Å². The average Bonchev–Trinajstić information content (AvgIpc) is 2.61. The van der Waals surface area contributed by atoms with E-state index in [0.29, 0.717) is 24.2 Å². The predicted octanol–water partition coefficient (Wildman–Crippen LogP) is 2.17. The lowest BCUT2D eigenvalue weighted by Crippen LogP contribution is -2.31. The molecule has 0 saturated heterocycles. The third kappa shape index (κ3) is 3.44. The zero-order valence-corrected chi connectivity index (χ0v) is 14.1. The van der Waals surface area contributed by atoms with Gasteiger partial charge in [0.15, 0.2) is 5.78 Å². The number of carbonyl (C=O) groups excluding carboxylic acids is 2. The molecule has 1 aliphatic heterocycles. The van der Waals surface area contributed by atoms with Crippen LogP contribution in [0.5, 0.6) is 0 Å². The van der Waals surface area contributed by atoms with Crippen LogP contribution in [0.25, 0.3) is 0 Å². The van der Waals surface area contributed by atoms with Gasteiger partial charge in [-0.2, -0.15) is 0 Å². The van der Waals surface area contributed by atoms with Crippen LogP contribution in [0.4, 0.5) is 0 Å². The van der Waals surface area contributed by atoms with Gasteiger partial charge in [0, 0.05) is 25.5 Å². The molecular formula is C19H21NO5. The fourth-order valence-electron chi connectivity index (χ4n) is 3.23. The highest BCUT2D eigenvalue weighted by Gasteiger charge is 2.41. The summed E-state index contributed by atoms with van der Waals surface area (Å²) in [6.45, 7) is 0.385. The van der Waals surface area contributed by atoms with Crippen molar-refractivity contribution in [3.63, 3.8) is 0 Å². The molecule has 1 heterocycles. The lowest BCUT2D eigenvalue weighted by atomic mass is 9.77. The van der Waals surface area contributed by atoms with Crippen molar-refractivity contribution in [2.24, 2.45) is 5.73 Å². The maximum atomic E-state index is 12.6. The van der Waals surface area contributed by atoms with Gasteiger partial charge in [0.25, 0.3) is 0 Å². The quantitative estimate of drug-likeness (QED) is 0.651. The van der Waals surface area contributed by atoms with Gasteiger partial charge in [-0.1, -0.05) is 30.3 Å². The smallest absolute Gasteiger partial charge is 0.340 e. The molecule has 6 nitrogen and oxygen atoms in total. The number of Topliss-reactive ketones (excluding diaryl/α,β-unsaturated/α-hetero) is 1. The number of rotatable bonds is 5. The van der Waals surface area contributed by atoms with E-state index in [0.717, 1.165) is 12.0 Å². The minimum Gasteiger partial charge on any atom is -0.460 e. The third-order valence-electron chi connectivity index (χ3n) is 4.36. The van der Waals surface area contributed by atoms with E-state index >= 15 is 0 Å². The van der Waals surface area contributed by atoms with Gasteiger partial charge in [0.05, 0.1) is 12.5 Å². The third-order valence-corrected chi connectivity index (χ3v) is 4.36. The van der Waals surface area contributed by atoms with Gasteiger partial charge < -0.3 is 19.9 Å². The summed E-state index contributed by atoms with van der Waals surface area (Å²) in [7, 11) is 1.52. The van der Waals surface area contributed by atoms with Crippen LogP contribution < -0.4 is 5.73 Å². The number of allylic oxidation sites excluding steroid dienone is 2. The highest BCUT2D eigenvalue weighted by atomic mass is 16.6. The Bertz CT molecular complexity index is 735. The Morgan fingerprint density at radius 2 is 2.00 bits per heavy atom. The Kier molecular flexibility index (Phi) is 5.19. The normalized spacial score (nSPS) is 20.2. The minimum absolute atomic E-state index is 0.00437. The predicted molar refractivity (Wildman–Crippen MR) is 90.2 cm³/mol. The van der Waals surface area contributed by atoms with E-state index < -0.39 is 11.9 Å². The molecule has 1 atom stereocenters. The Balaban J connectivity index is 2.02. The number of methoxy groups -OCH3 is 1. The van der Waals surface area contributed by atoms with Crippen molar-refractivity contribution >= 4 is 11.8 Å². The summed E-state index contributed by atoms with van der Waals surface area (Å²) >= 11 is 0. The van der Waals surface area contributed by atoms with Crippen molar-refractivity contribution < 1.29 is 23.8 Å².